The minimum Gasteiger partial charge on any atom is -0.494 e. The summed E-state index contributed by atoms with van der Waals surface area (Å²) in [6, 6.07) is 7.80. The molecule has 1 aliphatic rings. The average molecular weight is 348 g/mol. The number of nitrogens with zero attached hydrogens (tertiary/aromatic N) is 2. The van der Waals surface area contributed by atoms with Crippen molar-refractivity contribution in [3.8, 4) is 17.2 Å². The molecule has 0 fully saturated rings. The van der Waals surface area contributed by atoms with Gasteiger partial charge in [0.05, 0.1) is 31.4 Å². The van der Waals surface area contributed by atoms with Gasteiger partial charge in [-0.3, -0.25) is 4.98 Å². The lowest BCUT2D eigenvalue weighted by molar-refractivity contribution is 0.297. The molecule has 7 nitrogen and oxygen atoms in total. The Morgan fingerprint density at radius 3 is 2.79 bits per heavy atom. The first kappa shape index (κ1) is 16.3. The molecule has 0 saturated heterocycles. The number of aromatic nitrogens is 1. The highest BCUT2D eigenvalue weighted by Crippen LogP contribution is 2.32. The summed E-state index contributed by atoms with van der Waals surface area (Å²) in [7, 11) is -2.41. The van der Waals surface area contributed by atoms with Crippen molar-refractivity contribution < 1.29 is 22.6 Å². The zero-order valence-corrected chi connectivity index (χ0v) is 13.8. The van der Waals surface area contributed by atoms with Crippen LogP contribution in [0.5, 0.6) is 17.2 Å². The van der Waals surface area contributed by atoms with Crippen molar-refractivity contribution >= 4 is 16.2 Å². The molecule has 24 heavy (non-hydrogen) atoms. The summed E-state index contributed by atoms with van der Waals surface area (Å²) < 4.78 is 44.6. The molecule has 0 bridgehead atoms. The molecule has 1 aliphatic heterocycles. The van der Waals surface area contributed by atoms with E-state index in [4.69, 9.17) is 14.2 Å². The molecule has 0 N–H and O–H groups in total. The third-order valence-corrected chi connectivity index (χ3v) is 4.58. The van der Waals surface area contributed by atoms with Crippen molar-refractivity contribution in [2.24, 2.45) is 4.40 Å². The largest absolute Gasteiger partial charge is 0.494 e. The molecule has 2 heterocycles. The van der Waals surface area contributed by atoms with Crippen LogP contribution in [0.1, 0.15) is 12.1 Å². The Hall–Kier alpha value is -2.61. The lowest BCUT2D eigenvalue weighted by atomic mass is 10.3. The lowest BCUT2D eigenvalue weighted by Gasteiger charge is -2.08. The maximum absolute atomic E-state index is 12.4. The van der Waals surface area contributed by atoms with E-state index in [-0.39, 0.29) is 4.90 Å². The van der Waals surface area contributed by atoms with E-state index in [1.165, 1.54) is 25.4 Å². The summed E-state index contributed by atoms with van der Waals surface area (Å²) in [6.07, 6.45) is 3.44. The van der Waals surface area contributed by atoms with Crippen molar-refractivity contribution in [1.82, 2.24) is 4.98 Å². The highest BCUT2D eigenvalue weighted by Gasteiger charge is 2.18. The number of methoxy groups -OCH3 is 1. The quantitative estimate of drug-likeness (QED) is 0.786. The van der Waals surface area contributed by atoms with Crippen LogP contribution < -0.4 is 14.2 Å². The number of pyridine rings is 1. The number of hydrogen-bond donors (Lipinski definition) is 0. The molecule has 2 aromatic rings. The summed E-state index contributed by atoms with van der Waals surface area (Å²) >= 11 is 0. The first-order chi connectivity index (χ1) is 11.6. The number of rotatable bonds is 4. The summed E-state index contributed by atoms with van der Waals surface area (Å²) in [4.78, 5) is 4.07. The van der Waals surface area contributed by atoms with E-state index < -0.39 is 10.0 Å². The number of ether oxygens (including phenoxy) is 3. The second kappa shape index (κ2) is 6.88. The molecule has 126 valence electrons. The monoisotopic (exact) mass is 348 g/mol. The average Bonchev–Trinajstić information content (AvgIpc) is 2.85. The number of hydrogen-bond acceptors (Lipinski definition) is 6. The minimum absolute atomic E-state index is 0.0258. The maximum atomic E-state index is 12.4. The SMILES string of the molecule is COc1cccnc1C=NS(=O)(=O)c1ccc2c(c1)OCCCO2. The first-order valence-corrected chi connectivity index (χ1v) is 8.73. The molecule has 0 saturated carbocycles. The molecule has 1 aromatic carbocycles. The second-order valence-electron chi connectivity index (χ2n) is 4.96. The predicted octanol–water partition coefficient (Wildman–Crippen LogP) is 2.06. The smallest absolute Gasteiger partial charge is 0.282 e. The molecule has 0 atom stereocenters. The first-order valence-electron chi connectivity index (χ1n) is 7.29. The van der Waals surface area contributed by atoms with Gasteiger partial charge in [0.2, 0.25) is 0 Å². The Labute approximate surface area is 140 Å². The molecule has 8 heteroatoms. The van der Waals surface area contributed by atoms with Gasteiger partial charge in [-0.1, -0.05) is 0 Å². The topological polar surface area (TPSA) is 87.1 Å². The fraction of sp³-hybridized carbons (Fsp3) is 0.250. The molecular formula is C16H16N2O5S. The molecule has 0 unspecified atom stereocenters. The fourth-order valence-electron chi connectivity index (χ4n) is 2.16. The maximum Gasteiger partial charge on any atom is 0.282 e. The normalized spacial score (nSPS) is 14.4. The Kier molecular flexibility index (Phi) is 4.66. The molecule has 1 aromatic heterocycles. The molecule has 3 rings (SSSR count). The van der Waals surface area contributed by atoms with Crippen molar-refractivity contribution in [1.29, 1.82) is 0 Å². The zero-order valence-electron chi connectivity index (χ0n) is 13.0. The van der Waals surface area contributed by atoms with E-state index in [2.05, 4.69) is 9.38 Å². The van der Waals surface area contributed by atoms with Gasteiger partial charge in [0.1, 0.15) is 11.4 Å². The van der Waals surface area contributed by atoms with E-state index >= 15 is 0 Å². The van der Waals surface area contributed by atoms with Gasteiger partial charge in [-0.15, -0.1) is 0 Å². The Morgan fingerprint density at radius 2 is 2.00 bits per heavy atom. The third-order valence-electron chi connectivity index (χ3n) is 3.35. The summed E-state index contributed by atoms with van der Waals surface area (Å²) in [5, 5.41) is 0. The Morgan fingerprint density at radius 1 is 1.21 bits per heavy atom. The van der Waals surface area contributed by atoms with E-state index in [9.17, 15) is 8.42 Å². The van der Waals surface area contributed by atoms with Crippen LogP contribution in [0.2, 0.25) is 0 Å². The highest BCUT2D eigenvalue weighted by molar-refractivity contribution is 7.90. The van der Waals surface area contributed by atoms with Crippen LogP contribution >= 0.6 is 0 Å². The predicted molar refractivity (Wildman–Crippen MR) is 87.6 cm³/mol. The molecule has 0 spiro atoms. The van der Waals surface area contributed by atoms with Gasteiger partial charge in [0.25, 0.3) is 10.0 Å². The second-order valence-corrected chi connectivity index (χ2v) is 6.59. The summed E-state index contributed by atoms with van der Waals surface area (Å²) in [5.74, 6) is 1.37. The van der Waals surface area contributed by atoms with Crippen LogP contribution in [0.25, 0.3) is 0 Å². The molecule has 0 amide bonds. The van der Waals surface area contributed by atoms with Crippen LogP contribution in [0.3, 0.4) is 0 Å². The molecular weight excluding hydrogens is 332 g/mol. The molecule has 0 radical (unpaired) electrons. The van der Waals surface area contributed by atoms with Gasteiger partial charge >= 0.3 is 0 Å². The van der Waals surface area contributed by atoms with Gasteiger partial charge in [-0.05, 0) is 24.3 Å². The van der Waals surface area contributed by atoms with E-state index in [1.54, 1.807) is 18.2 Å². The number of fused-ring (bicyclic) bond motifs is 1. The van der Waals surface area contributed by atoms with Crippen molar-refractivity contribution in [2.75, 3.05) is 20.3 Å². The minimum atomic E-state index is -3.89. The van der Waals surface area contributed by atoms with Gasteiger partial charge in [-0.25, -0.2) is 0 Å². The van der Waals surface area contributed by atoms with Crippen LogP contribution in [-0.4, -0.2) is 39.9 Å². The van der Waals surface area contributed by atoms with Crippen molar-refractivity contribution in [3.05, 3.63) is 42.2 Å². The van der Waals surface area contributed by atoms with Crippen molar-refractivity contribution in [3.63, 3.8) is 0 Å². The van der Waals surface area contributed by atoms with Gasteiger partial charge in [0, 0.05) is 18.7 Å². The van der Waals surface area contributed by atoms with E-state index in [0.717, 1.165) is 12.6 Å². The molecule has 0 aliphatic carbocycles. The van der Waals surface area contributed by atoms with Crippen molar-refractivity contribution in [2.45, 2.75) is 11.3 Å². The van der Waals surface area contributed by atoms with Crippen LogP contribution in [0.4, 0.5) is 0 Å². The van der Waals surface area contributed by atoms with Gasteiger partial charge in [0.15, 0.2) is 11.5 Å². The standard InChI is InChI=1S/C16H16N2O5S/c1-21-14-4-2-7-17-13(14)11-18-24(19,20)12-5-6-15-16(10-12)23-9-3-8-22-15/h2,4-7,10-11H,3,8-9H2,1H3. The number of sulfonamides is 1. The van der Waals surface area contributed by atoms with Gasteiger partial charge < -0.3 is 14.2 Å². The summed E-state index contributed by atoms with van der Waals surface area (Å²) in [5.41, 5.74) is 0.331. The number of benzene rings is 1. The lowest BCUT2D eigenvalue weighted by Crippen LogP contribution is -2.01. The zero-order chi connectivity index (χ0) is 17.0. The summed E-state index contributed by atoms with van der Waals surface area (Å²) in [6.45, 7) is 1.02. The third kappa shape index (κ3) is 3.48. The Balaban J connectivity index is 1.90. The van der Waals surface area contributed by atoms with Crippen LogP contribution in [-0.2, 0) is 10.0 Å². The fourth-order valence-corrected chi connectivity index (χ4v) is 3.01. The van der Waals surface area contributed by atoms with E-state index in [0.29, 0.717) is 36.2 Å². The van der Waals surface area contributed by atoms with Crippen LogP contribution in [0.15, 0.2) is 45.8 Å². The highest BCUT2D eigenvalue weighted by atomic mass is 32.2. The van der Waals surface area contributed by atoms with E-state index in [1.807, 2.05) is 0 Å². The van der Waals surface area contributed by atoms with Gasteiger partial charge in [-0.2, -0.15) is 12.8 Å². The van der Waals surface area contributed by atoms with Crippen LogP contribution in [0, 0.1) is 0 Å². The Bertz CT molecular complexity index is 865.